The molecule has 0 saturated carbocycles. The van der Waals surface area contributed by atoms with E-state index in [4.69, 9.17) is 11.1 Å². The molecule has 0 aromatic heterocycles. The molecule has 1 rings (SSSR count). The molecule has 0 aliphatic heterocycles. The fourth-order valence-electron chi connectivity index (χ4n) is 1.79. The lowest BCUT2D eigenvalue weighted by molar-refractivity contribution is -0.151. The van der Waals surface area contributed by atoms with E-state index in [1.807, 2.05) is 0 Å². The summed E-state index contributed by atoms with van der Waals surface area (Å²) in [7, 11) is 0. The molecule has 0 aliphatic carbocycles. The third-order valence-electron chi connectivity index (χ3n) is 2.73. The Morgan fingerprint density at radius 3 is 2.17 bits per heavy atom. The Morgan fingerprint density at radius 2 is 1.71 bits per heavy atom. The Kier molecular flexibility index (Phi) is 7.37. The van der Waals surface area contributed by atoms with E-state index in [0.29, 0.717) is 11.1 Å². The van der Waals surface area contributed by atoms with Crippen LogP contribution in [0.25, 0.3) is 26.6 Å². The first-order valence-corrected chi connectivity index (χ1v) is 6.78. The zero-order chi connectivity index (χ0) is 17.9. The molecule has 0 fully saturated rings. The van der Waals surface area contributed by atoms with Gasteiger partial charge in [0.05, 0.1) is 19.7 Å². The van der Waals surface area contributed by atoms with Crippen molar-refractivity contribution >= 4 is 17.5 Å². The molecule has 0 heterocycles. The second-order valence-corrected chi connectivity index (χ2v) is 4.43. The van der Waals surface area contributed by atoms with E-state index in [9.17, 15) is 14.7 Å². The summed E-state index contributed by atoms with van der Waals surface area (Å²) in [5, 5.41) is 16.9. The maximum atomic E-state index is 11.6. The molecule has 0 atom stereocenters. The highest BCUT2D eigenvalue weighted by Crippen LogP contribution is 2.19. The van der Waals surface area contributed by atoms with E-state index in [0.717, 1.165) is 6.08 Å². The molecular formula is C14H14N6O4. The van der Waals surface area contributed by atoms with E-state index in [1.165, 1.54) is 12.1 Å². The average molecular weight is 330 g/mol. The minimum absolute atomic E-state index is 0.00666. The van der Waals surface area contributed by atoms with Crippen molar-refractivity contribution in [1.29, 1.82) is 0 Å². The van der Waals surface area contributed by atoms with Crippen molar-refractivity contribution < 1.29 is 19.4 Å². The zero-order valence-corrected chi connectivity index (χ0v) is 12.8. The molecule has 1 N–H and O–H groups in total. The van der Waals surface area contributed by atoms with Crippen molar-refractivity contribution in [3.63, 3.8) is 0 Å². The Labute approximate surface area is 136 Å². The molecule has 0 aliphatic rings. The maximum absolute atomic E-state index is 11.6. The van der Waals surface area contributed by atoms with Crippen LogP contribution < -0.4 is 0 Å². The Bertz CT molecular complexity index is 722. The highest BCUT2D eigenvalue weighted by Gasteiger charge is 2.14. The van der Waals surface area contributed by atoms with Crippen LogP contribution in [0, 0.1) is 0 Å². The summed E-state index contributed by atoms with van der Waals surface area (Å²) in [5.41, 5.74) is 18.1. The number of ketones is 1. The number of ether oxygens (including phenoxy) is 1. The van der Waals surface area contributed by atoms with Gasteiger partial charge in [-0.3, -0.25) is 4.79 Å². The smallest absolute Gasteiger partial charge is 0.379 e. The maximum Gasteiger partial charge on any atom is 0.379 e. The van der Waals surface area contributed by atoms with Crippen LogP contribution in [0.3, 0.4) is 0 Å². The van der Waals surface area contributed by atoms with Crippen LogP contribution in [-0.4, -0.2) is 23.5 Å². The van der Waals surface area contributed by atoms with Gasteiger partial charge in [-0.25, -0.2) is 4.79 Å². The largest absolute Gasteiger partial charge is 0.507 e. The van der Waals surface area contributed by atoms with Gasteiger partial charge >= 0.3 is 5.97 Å². The number of hydrogen-bond donors (Lipinski definition) is 1. The Morgan fingerprint density at radius 1 is 1.17 bits per heavy atom. The van der Waals surface area contributed by atoms with Gasteiger partial charge in [0.2, 0.25) is 0 Å². The van der Waals surface area contributed by atoms with E-state index in [2.05, 4.69) is 24.8 Å². The predicted octanol–water partition coefficient (Wildman–Crippen LogP) is 3.34. The molecule has 0 amide bonds. The minimum Gasteiger partial charge on any atom is -0.507 e. The highest BCUT2D eigenvalue weighted by molar-refractivity contribution is 6.39. The second kappa shape index (κ2) is 9.52. The molecule has 1 aromatic carbocycles. The number of benzene rings is 1. The van der Waals surface area contributed by atoms with Gasteiger partial charge in [-0.2, -0.15) is 0 Å². The summed E-state index contributed by atoms with van der Waals surface area (Å²) in [4.78, 5) is 28.2. The van der Waals surface area contributed by atoms with Gasteiger partial charge in [0.1, 0.15) is 5.76 Å². The lowest BCUT2D eigenvalue weighted by Gasteiger charge is -2.07. The van der Waals surface area contributed by atoms with Gasteiger partial charge < -0.3 is 9.84 Å². The van der Waals surface area contributed by atoms with Crippen molar-refractivity contribution in [2.45, 2.75) is 20.0 Å². The number of carbonyl (C=O) groups is 2. The third kappa shape index (κ3) is 5.72. The van der Waals surface area contributed by atoms with E-state index in [1.54, 1.807) is 13.0 Å². The van der Waals surface area contributed by atoms with Gasteiger partial charge in [-0.15, -0.1) is 0 Å². The highest BCUT2D eigenvalue weighted by atomic mass is 16.5. The summed E-state index contributed by atoms with van der Waals surface area (Å²) in [5.74, 6) is -2.55. The number of rotatable bonds is 8. The van der Waals surface area contributed by atoms with Crippen molar-refractivity contribution in [2.75, 3.05) is 6.61 Å². The third-order valence-corrected chi connectivity index (χ3v) is 2.73. The van der Waals surface area contributed by atoms with Crippen LogP contribution in [0.2, 0.25) is 0 Å². The molecule has 0 radical (unpaired) electrons. The molecule has 24 heavy (non-hydrogen) atoms. The van der Waals surface area contributed by atoms with Gasteiger partial charge in [0, 0.05) is 21.5 Å². The number of hydrogen-bond acceptors (Lipinski definition) is 6. The SMILES string of the molecule is CCOC(=O)C(=O)/C=C(\O)c1cc(CN=[N+]=[N-])cc(CN=[N+]=[N-])c1. The van der Waals surface area contributed by atoms with E-state index in [-0.39, 0.29) is 25.3 Å². The fraction of sp³-hybridized carbons (Fsp3) is 0.286. The standard InChI is InChI=1S/C14H14N6O4/c1-2-24-14(23)13(22)6-12(21)11-4-9(7-17-19-15)3-10(5-11)8-18-20-16/h3-6,21H,2,7-8H2,1H3/b12-6-. The van der Waals surface area contributed by atoms with Crippen LogP contribution in [-0.2, 0) is 27.4 Å². The van der Waals surface area contributed by atoms with Crippen molar-refractivity contribution in [3.8, 4) is 0 Å². The number of esters is 1. The first-order valence-electron chi connectivity index (χ1n) is 6.78. The van der Waals surface area contributed by atoms with E-state index >= 15 is 0 Å². The Balaban J connectivity index is 3.18. The first kappa shape index (κ1) is 18.6. The molecule has 124 valence electrons. The zero-order valence-electron chi connectivity index (χ0n) is 12.8. The van der Waals surface area contributed by atoms with Crippen molar-refractivity contribution in [3.05, 3.63) is 61.9 Å². The average Bonchev–Trinajstić information content (AvgIpc) is 2.58. The molecule has 0 spiro atoms. The summed E-state index contributed by atoms with van der Waals surface area (Å²) < 4.78 is 4.54. The number of aliphatic hydroxyl groups excluding tert-OH is 1. The lowest BCUT2D eigenvalue weighted by Crippen LogP contribution is -2.15. The topological polar surface area (TPSA) is 161 Å². The van der Waals surface area contributed by atoms with Crippen molar-refractivity contribution in [1.82, 2.24) is 0 Å². The van der Waals surface area contributed by atoms with Crippen LogP contribution in [0.5, 0.6) is 0 Å². The van der Waals surface area contributed by atoms with Crippen LogP contribution in [0.1, 0.15) is 23.6 Å². The summed E-state index contributed by atoms with van der Waals surface area (Å²) >= 11 is 0. The molecule has 0 bridgehead atoms. The molecular weight excluding hydrogens is 316 g/mol. The second-order valence-electron chi connectivity index (χ2n) is 4.43. The number of nitrogens with zero attached hydrogens (tertiary/aromatic N) is 6. The first-order chi connectivity index (χ1) is 11.5. The quantitative estimate of drug-likeness (QED) is 0.147. The lowest BCUT2D eigenvalue weighted by atomic mass is 10.0. The van der Waals surface area contributed by atoms with Crippen molar-refractivity contribution in [2.24, 2.45) is 10.2 Å². The molecule has 10 heteroatoms. The summed E-state index contributed by atoms with van der Waals surface area (Å²) in [6.45, 7) is 1.60. The normalized spacial score (nSPS) is 10.3. The number of carbonyl (C=O) groups excluding carboxylic acids is 2. The van der Waals surface area contributed by atoms with Gasteiger partial charge in [0.15, 0.2) is 0 Å². The molecule has 1 aromatic rings. The van der Waals surface area contributed by atoms with Crippen LogP contribution in [0.4, 0.5) is 0 Å². The van der Waals surface area contributed by atoms with Crippen LogP contribution >= 0.6 is 0 Å². The van der Waals surface area contributed by atoms with Crippen LogP contribution in [0.15, 0.2) is 34.5 Å². The predicted molar refractivity (Wildman–Crippen MR) is 84.4 cm³/mol. The Hall–Kier alpha value is -3.48. The molecule has 0 saturated heterocycles. The monoisotopic (exact) mass is 330 g/mol. The fourth-order valence-corrected chi connectivity index (χ4v) is 1.79. The molecule has 10 nitrogen and oxygen atoms in total. The van der Waals surface area contributed by atoms with Gasteiger partial charge in [0.25, 0.3) is 5.78 Å². The van der Waals surface area contributed by atoms with Gasteiger partial charge in [-0.1, -0.05) is 16.3 Å². The summed E-state index contributed by atoms with van der Waals surface area (Å²) in [6, 6.07) is 4.60. The minimum atomic E-state index is -1.08. The summed E-state index contributed by atoms with van der Waals surface area (Å²) in [6.07, 6.45) is 0.738. The molecule has 0 unspecified atom stereocenters. The number of aliphatic hydroxyl groups is 1. The van der Waals surface area contributed by atoms with E-state index < -0.39 is 17.5 Å². The van der Waals surface area contributed by atoms with Gasteiger partial charge in [-0.05, 0) is 41.2 Å². The number of azide groups is 2.